The van der Waals surface area contributed by atoms with E-state index >= 15 is 0 Å². The average Bonchev–Trinajstić information content (AvgIpc) is 2.50. The maximum absolute atomic E-state index is 12.2. The van der Waals surface area contributed by atoms with Gasteiger partial charge in [-0.3, -0.25) is 14.7 Å². The van der Waals surface area contributed by atoms with E-state index in [4.69, 9.17) is 11.6 Å². The smallest absolute Gasteiger partial charge is 0.238 e. The summed E-state index contributed by atoms with van der Waals surface area (Å²) in [6, 6.07) is 10.7. The molecular weight excluding hydrogens is 314 g/mol. The number of benzene rings is 1. The van der Waals surface area contributed by atoms with Crippen LogP contribution in [-0.4, -0.2) is 40.1 Å². The topological polar surface area (TPSA) is 65.5 Å². The average molecular weight is 334 g/mol. The number of anilines is 1. The van der Waals surface area contributed by atoms with Gasteiger partial charge in [-0.15, -0.1) is 0 Å². The van der Waals surface area contributed by atoms with Crippen molar-refractivity contribution >= 4 is 23.2 Å². The first-order chi connectivity index (χ1) is 11.0. The highest BCUT2D eigenvalue weighted by molar-refractivity contribution is 6.30. The molecule has 2 rings (SSSR count). The molecule has 0 bridgehead atoms. The maximum Gasteiger partial charge on any atom is 0.238 e. The van der Waals surface area contributed by atoms with Crippen LogP contribution in [0.2, 0.25) is 5.02 Å². The number of halogens is 1. The van der Waals surface area contributed by atoms with Gasteiger partial charge in [0.15, 0.2) is 0 Å². The standard InChI is InChI=1S/C17H20ClN3O2/c1-13(22)10-21(11-14-3-2-8-19-9-14)12-17(23)20-16-6-4-15(18)5-7-16/h2-9,13,22H,10-12H2,1H3,(H,20,23). The minimum absolute atomic E-state index is 0.142. The number of carbonyl (C=O) groups excluding carboxylic acids is 1. The molecule has 1 heterocycles. The van der Waals surface area contributed by atoms with E-state index in [9.17, 15) is 9.90 Å². The Bertz CT molecular complexity index is 617. The highest BCUT2D eigenvalue weighted by Crippen LogP contribution is 2.13. The van der Waals surface area contributed by atoms with Crippen molar-refractivity contribution in [1.82, 2.24) is 9.88 Å². The molecule has 2 N–H and O–H groups in total. The van der Waals surface area contributed by atoms with Gasteiger partial charge in [-0.05, 0) is 42.8 Å². The van der Waals surface area contributed by atoms with Gasteiger partial charge in [0.25, 0.3) is 0 Å². The number of hydrogen-bond donors (Lipinski definition) is 2. The van der Waals surface area contributed by atoms with Crippen molar-refractivity contribution in [2.24, 2.45) is 0 Å². The Morgan fingerprint density at radius 1 is 1.35 bits per heavy atom. The Labute approximate surface area is 140 Å². The van der Waals surface area contributed by atoms with Gasteiger partial charge in [-0.25, -0.2) is 0 Å². The Hall–Kier alpha value is -1.95. The second-order valence-corrected chi connectivity index (χ2v) is 5.87. The quantitative estimate of drug-likeness (QED) is 0.817. The molecule has 122 valence electrons. The van der Waals surface area contributed by atoms with Gasteiger partial charge in [0.1, 0.15) is 0 Å². The molecule has 6 heteroatoms. The number of nitrogens with one attached hydrogen (secondary N) is 1. The number of amides is 1. The second-order valence-electron chi connectivity index (χ2n) is 5.43. The SMILES string of the molecule is CC(O)CN(CC(=O)Nc1ccc(Cl)cc1)Cc1cccnc1. The molecule has 0 saturated carbocycles. The van der Waals surface area contributed by atoms with Crippen LogP contribution in [0.1, 0.15) is 12.5 Å². The van der Waals surface area contributed by atoms with Crippen molar-refractivity contribution in [1.29, 1.82) is 0 Å². The zero-order chi connectivity index (χ0) is 16.7. The molecule has 0 fully saturated rings. The van der Waals surface area contributed by atoms with Crippen molar-refractivity contribution in [3.8, 4) is 0 Å². The first-order valence-electron chi connectivity index (χ1n) is 7.37. The zero-order valence-electron chi connectivity index (χ0n) is 12.9. The monoisotopic (exact) mass is 333 g/mol. The largest absolute Gasteiger partial charge is 0.392 e. The molecule has 0 aliphatic heterocycles. The van der Waals surface area contributed by atoms with Crippen molar-refractivity contribution in [2.75, 3.05) is 18.4 Å². The van der Waals surface area contributed by atoms with Crippen LogP contribution in [0.3, 0.4) is 0 Å². The summed E-state index contributed by atoms with van der Waals surface area (Å²) in [5.41, 5.74) is 1.69. The summed E-state index contributed by atoms with van der Waals surface area (Å²) in [5.74, 6) is -0.142. The van der Waals surface area contributed by atoms with Crippen LogP contribution in [0.15, 0.2) is 48.8 Å². The summed E-state index contributed by atoms with van der Waals surface area (Å²) in [6.07, 6.45) is 2.94. The lowest BCUT2D eigenvalue weighted by molar-refractivity contribution is -0.117. The van der Waals surface area contributed by atoms with E-state index in [0.717, 1.165) is 5.56 Å². The Morgan fingerprint density at radius 2 is 2.09 bits per heavy atom. The molecule has 1 atom stereocenters. The lowest BCUT2D eigenvalue weighted by Crippen LogP contribution is -2.37. The van der Waals surface area contributed by atoms with Crippen molar-refractivity contribution in [2.45, 2.75) is 19.6 Å². The molecule has 0 aliphatic rings. The fraction of sp³-hybridized carbons (Fsp3) is 0.294. The lowest BCUT2D eigenvalue weighted by atomic mass is 10.2. The molecule has 1 aromatic carbocycles. The van der Waals surface area contributed by atoms with Gasteiger partial charge in [-0.2, -0.15) is 0 Å². The number of carbonyl (C=O) groups is 1. The van der Waals surface area contributed by atoms with Crippen LogP contribution in [0.25, 0.3) is 0 Å². The van der Waals surface area contributed by atoms with Crippen molar-refractivity contribution in [3.05, 3.63) is 59.4 Å². The van der Waals surface area contributed by atoms with Crippen LogP contribution in [0.4, 0.5) is 5.69 Å². The van der Waals surface area contributed by atoms with Crippen LogP contribution in [0, 0.1) is 0 Å². The molecule has 0 aliphatic carbocycles. The van der Waals surface area contributed by atoms with Gasteiger partial charge in [-0.1, -0.05) is 17.7 Å². The third-order valence-electron chi connectivity index (χ3n) is 3.15. The summed E-state index contributed by atoms with van der Waals surface area (Å²) in [4.78, 5) is 18.1. The molecular formula is C17H20ClN3O2. The van der Waals surface area contributed by atoms with E-state index in [2.05, 4.69) is 10.3 Å². The van der Waals surface area contributed by atoms with Crippen LogP contribution < -0.4 is 5.32 Å². The predicted octanol–water partition coefficient (Wildman–Crippen LogP) is 2.56. The van der Waals surface area contributed by atoms with E-state index in [1.54, 1.807) is 43.6 Å². The summed E-state index contributed by atoms with van der Waals surface area (Å²) >= 11 is 5.83. The van der Waals surface area contributed by atoms with Gasteiger partial charge >= 0.3 is 0 Å². The number of aromatic nitrogens is 1. The predicted molar refractivity (Wildman–Crippen MR) is 91.3 cm³/mol. The van der Waals surface area contributed by atoms with Gasteiger partial charge in [0.2, 0.25) is 5.91 Å². The number of aliphatic hydroxyl groups is 1. The summed E-state index contributed by atoms with van der Waals surface area (Å²) in [6.45, 7) is 2.84. The molecule has 0 saturated heterocycles. The molecule has 1 aromatic heterocycles. The minimum Gasteiger partial charge on any atom is -0.392 e. The second kappa shape index (κ2) is 8.62. The Morgan fingerprint density at radius 3 is 2.70 bits per heavy atom. The number of hydrogen-bond acceptors (Lipinski definition) is 4. The van der Waals surface area contributed by atoms with E-state index in [0.29, 0.717) is 23.8 Å². The van der Waals surface area contributed by atoms with Crippen LogP contribution in [0.5, 0.6) is 0 Å². The zero-order valence-corrected chi connectivity index (χ0v) is 13.7. The number of rotatable bonds is 7. The molecule has 0 radical (unpaired) electrons. The number of pyridine rings is 1. The first kappa shape index (κ1) is 17.4. The molecule has 1 amide bonds. The van der Waals surface area contributed by atoms with E-state index in [1.807, 2.05) is 17.0 Å². The third-order valence-corrected chi connectivity index (χ3v) is 3.40. The molecule has 1 unspecified atom stereocenters. The summed E-state index contributed by atoms with van der Waals surface area (Å²) in [7, 11) is 0. The fourth-order valence-corrected chi connectivity index (χ4v) is 2.37. The lowest BCUT2D eigenvalue weighted by Gasteiger charge is -2.23. The molecule has 5 nitrogen and oxygen atoms in total. The highest BCUT2D eigenvalue weighted by atomic mass is 35.5. The molecule has 2 aromatic rings. The maximum atomic E-state index is 12.2. The van der Waals surface area contributed by atoms with E-state index in [-0.39, 0.29) is 12.5 Å². The third kappa shape index (κ3) is 6.36. The van der Waals surface area contributed by atoms with Crippen LogP contribution in [-0.2, 0) is 11.3 Å². The van der Waals surface area contributed by atoms with Crippen molar-refractivity contribution in [3.63, 3.8) is 0 Å². The Balaban J connectivity index is 1.96. The summed E-state index contributed by atoms with van der Waals surface area (Å²) < 4.78 is 0. The first-order valence-corrected chi connectivity index (χ1v) is 7.75. The normalized spacial score (nSPS) is 12.2. The van der Waals surface area contributed by atoms with Gasteiger partial charge < -0.3 is 10.4 Å². The number of nitrogens with zero attached hydrogens (tertiary/aromatic N) is 2. The number of aliphatic hydroxyl groups excluding tert-OH is 1. The van der Waals surface area contributed by atoms with Crippen molar-refractivity contribution < 1.29 is 9.90 Å². The highest BCUT2D eigenvalue weighted by Gasteiger charge is 2.14. The van der Waals surface area contributed by atoms with Gasteiger partial charge in [0.05, 0.1) is 12.6 Å². The summed E-state index contributed by atoms with van der Waals surface area (Å²) in [5, 5.41) is 13.1. The minimum atomic E-state index is -0.519. The molecule has 0 spiro atoms. The van der Waals surface area contributed by atoms with Crippen LogP contribution >= 0.6 is 11.6 Å². The van der Waals surface area contributed by atoms with E-state index < -0.39 is 6.10 Å². The van der Waals surface area contributed by atoms with E-state index in [1.165, 1.54) is 0 Å². The fourth-order valence-electron chi connectivity index (χ4n) is 2.25. The van der Waals surface area contributed by atoms with Gasteiger partial charge in [0, 0.05) is 36.2 Å². The Kier molecular flexibility index (Phi) is 6.52. The molecule has 23 heavy (non-hydrogen) atoms.